The molecule has 1 aromatic heterocycles. The molecule has 2 aromatic rings. The summed E-state index contributed by atoms with van der Waals surface area (Å²) in [6.45, 7) is 0.461. The van der Waals surface area contributed by atoms with E-state index in [9.17, 15) is 9.59 Å². The summed E-state index contributed by atoms with van der Waals surface area (Å²) >= 11 is 0. The second-order valence-corrected chi connectivity index (χ2v) is 4.75. The number of anilines is 1. The van der Waals surface area contributed by atoms with E-state index in [2.05, 4.69) is 5.32 Å². The van der Waals surface area contributed by atoms with Gasteiger partial charge in [0.2, 0.25) is 0 Å². The lowest BCUT2D eigenvalue weighted by atomic mass is 10.3. The van der Waals surface area contributed by atoms with Gasteiger partial charge in [-0.3, -0.25) is 9.59 Å². The van der Waals surface area contributed by atoms with Crippen LogP contribution in [0, 0.1) is 0 Å². The molecule has 1 aromatic carbocycles. The number of amides is 1. The number of pyridine rings is 1. The van der Waals surface area contributed by atoms with Gasteiger partial charge >= 0.3 is 0 Å². The first kappa shape index (κ1) is 16.4. The zero-order chi connectivity index (χ0) is 16.7. The van der Waals surface area contributed by atoms with Crippen molar-refractivity contribution in [1.82, 2.24) is 9.88 Å². The number of nitrogen functional groups attached to an aromatic ring is 1. The summed E-state index contributed by atoms with van der Waals surface area (Å²) in [6.07, 6.45) is 1.64. The van der Waals surface area contributed by atoms with E-state index in [-0.39, 0.29) is 23.8 Å². The van der Waals surface area contributed by atoms with E-state index in [0.29, 0.717) is 24.6 Å². The van der Waals surface area contributed by atoms with E-state index in [1.165, 1.54) is 17.7 Å². The van der Waals surface area contributed by atoms with E-state index in [4.69, 9.17) is 15.2 Å². The van der Waals surface area contributed by atoms with Crippen LogP contribution in [0.3, 0.4) is 0 Å². The zero-order valence-corrected chi connectivity index (χ0v) is 12.8. The molecule has 1 heterocycles. The van der Waals surface area contributed by atoms with Crippen LogP contribution in [0.4, 0.5) is 5.69 Å². The summed E-state index contributed by atoms with van der Waals surface area (Å²) in [4.78, 5) is 23.4. The maximum atomic E-state index is 12.2. The molecule has 7 heteroatoms. The largest absolute Gasteiger partial charge is 0.492 e. The molecule has 7 nitrogen and oxygen atoms in total. The Kier molecular flexibility index (Phi) is 5.62. The predicted molar refractivity (Wildman–Crippen MR) is 86.6 cm³/mol. The Hall–Kier alpha value is -2.96. The van der Waals surface area contributed by atoms with Crippen LogP contribution in [-0.4, -0.2) is 30.7 Å². The minimum atomic E-state index is -0.312. The highest BCUT2D eigenvalue weighted by Crippen LogP contribution is 2.14. The highest BCUT2D eigenvalue weighted by Gasteiger charge is 2.06. The summed E-state index contributed by atoms with van der Waals surface area (Å²) in [5.41, 5.74) is 5.97. The van der Waals surface area contributed by atoms with Crippen molar-refractivity contribution in [2.24, 2.45) is 0 Å². The van der Waals surface area contributed by atoms with Crippen molar-refractivity contribution in [3.05, 3.63) is 52.9 Å². The first-order valence-corrected chi connectivity index (χ1v) is 7.11. The van der Waals surface area contributed by atoms with Crippen molar-refractivity contribution in [2.75, 3.05) is 26.0 Å². The number of benzene rings is 1. The molecule has 0 aliphatic rings. The third kappa shape index (κ3) is 4.77. The molecule has 0 atom stereocenters. The number of carbonyl (C=O) groups is 1. The Bertz CT molecular complexity index is 727. The summed E-state index contributed by atoms with van der Waals surface area (Å²) in [5.74, 6) is 0.468. The SMILES string of the molecule is CNC(=O)COc1cccn(CCOc2cccc(N)c2)c1=O. The van der Waals surface area contributed by atoms with Gasteiger partial charge in [0.05, 0.1) is 6.54 Å². The van der Waals surface area contributed by atoms with Crippen LogP contribution >= 0.6 is 0 Å². The average molecular weight is 317 g/mol. The number of ether oxygens (including phenoxy) is 2. The fourth-order valence-electron chi connectivity index (χ4n) is 1.88. The third-order valence-electron chi connectivity index (χ3n) is 3.08. The molecule has 0 unspecified atom stereocenters. The highest BCUT2D eigenvalue weighted by atomic mass is 16.5. The molecule has 0 saturated heterocycles. The standard InChI is InChI=1S/C16H19N3O4/c1-18-15(20)11-23-14-6-3-7-19(16(14)21)8-9-22-13-5-2-4-12(17)10-13/h2-7,10H,8-9,11,17H2,1H3,(H,18,20). The Labute approximate surface area is 133 Å². The molecule has 0 radical (unpaired) electrons. The van der Waals surface area contributed by atoms with Gasteiger partial charge in [-0.1, -0.05) is 6.07 Å². The van der Waals surface area contributed by atoms with Gasteiger partial charge in [0.25, 0.3) is 11.5 Å². The molecule has 0 bridgehead atoms. The lowest BCUT2D eigenvalue weighted by molar-refractivity contribution is -0.122. The van der Waals surface area contributed by atoms with Gasteiger partial charge in [-0.15, -0.1) is 0 Å². The van der Waals surface area contributed by atoms with Crippen LogP contribution in [0.15, 0.2) is 47.4 Å². The molecule has 0 saturated carbocycles. The Morgan fingerprint density at radius 3 is 2.83 bits per heavy atom. The summed E-state index contributed by atoms with van der Waals surface area (Å²) in [7, 11) is 1.50. The second kappa shape index (κ2) is 7.88. The van der Waals surface area contributed by atoms with Crippen LogP contribution < -0.4 is 26.1 Å². The molecule has 3 N–H and O–H groups in total. The van der Waals surface area contributed by atoms with Crippen molar-refractivity contribution >= 4 is 11.6 Å². The number of nitrogens with two attached hydrogens (primary N) is 1. The van der Waals surface area contributed by atoms with Crippen LogP contribution in [0.5, 0.6) is 11.5 Å². The quantitative estimate of drug-likeness (QED) is 0.731. The number of carbonyl (C=O) groups excluding carboxylic acids is 1. The molecular formula is C16H19N3O4. The molecule has 0 fully saturated rings. The normalized spacial score (nSPS) is 10.1. The van der Waals surface area contributed by atoms with E-state index < -0.39 is 0 Å². The summed E-state index contributed by atoms with van der Waals surface area (Å²) in [5, 5.41) is 2.42. The number of nitrogens with one attached hydrogen (secondary N) is 1. The molecule has 1 amide bonds. The minimum Gasteiger partial charge on any atom is -0.492 e. The van der Waals surface area contributed by atoms with Crippen LogP contribution in [0.1, 0.15) is 0 Å². The molecule has 0 aliphatic carbocycles. The Morgan fingerprint density at radius 1 is 1.26 bits per heavy atom. The number of rotatable bonds is 7. The minimum absolute atomic E-state index is 0.125. The molecule has 23 heavy (non-hydrogen) atoms. The fraction of sp³-hybridized carbons (Fsp3) is 0.250. The molecule has 2 rings (SSSR count). The molecule has 0 aliphatic heterocycles. The molecule has 0 spiro atoms. The topological polar surface area (TPSA) is 95.6 Å². The number of likely N-dealkylation sites (N-methyl/N-ethyl adjacent to an activating group) is 1. The van der Waals surface area contributed by atoms with Crippen LogP contribution in [0.25, 0.3) is 0 Å². The van der Waals surface area contributed by atoms with Crippen molar-refractivity contribution < 1.29 is 14.3 Å². The zero-order valence-electron chi connectivity index (χ0n) is 12.8. The number of hydrogen-bond acceptors (Lipinski definition) is 5. The number of aromatic nitrogens is 1. The predicted octanol–water partition coefficient (Wildman–Crippen LogP) is 0.634. The highest BCUT2D eigenvalue weighted by molar-refractivity contribution is 5.77. The van der Waals surface area contributed by atoms with Gasteiger partial charge in [0, 0.05) is 25.0 Å². The summed E-state index contributed by atoms with van der Waals surface area (Å²) < 4.78 is 12.2. The van der Waals surface area contributed by atoms with E-state index in [0.717, 1.165) is 0 Å². The van der Waals surface area contributed by atoms with Crippen molar-refractivity contribution in [1.29, 1.82) is 0 Å². The maximum Gasteiger partial charge on any atom is 0.292 e. The monoisotopic (exact) mass is 317 g/mol. The van der Waals surface area contributed by atoms with Crippen molar-refractivity contribution in [3.63, 3.8) is 0 Å². The van der Waals surface area contributed by atoms with Crippen molar-refractivity contribution in [3.8, 4) is 11.5 Å². The van der Waals surface area contributed by atoms with Crippen molar-refractivity contribution in [2.45, 2.75) is 6.54 Å². The van der Waals surface area contributed by atoms with E-state index >= 15 is 0 Å². The van der Waals surface area contributed by atoms with Gasteiger partial charge < -0.3 is 25.1 Å². The van der Waals surface area contributed by atoms with E-state index in [1.54, 1.807) is 36.5 Å². The average Bonchev–Trinajstić information content (AvgIpc) is 2.55. The molecule has 122 valence electrons. The van der Waals surface area contributed by atoms with Crippen LogP contribution in [0.2, 0.25) is 0 Å². The number of nitrogens with zero attached hydrogens (tertiary/aromatic N) is 1. The third-order valence-corrected chi connectivity index (χ3v) is 3.08. The summed E-state index contributed by atoms with van der Waals surface area (Å²) in [6, 6.07) is 10.3. The lowest BCUT2D eigenvalue weighted by Gasteiger charge is -2.10. The first-order valence-electron chi connectivity index (χ1n) is 7.11. The fourth-order valence-corrected chi connectivity index (χ4v) is 1.88. The maximum absolute atomic E-state index is 12.2. The van der Waals surface area contributed by atoms with Gasteiger partial charge in [0.15, 0.2) is 12.4 Å². The Morgan fingerprint density at radius 2 is 2.09 bits per heavy atom. The first-order chi connectivity index (χ1) is 11.1. The van der Waals surface area contributed by atoms with E-state index in [1.807, 2.05) is 0 Å². The molecular weight excluding hydrogens is 298 g/mol. The van der Waals surface area contributed by atoms with Crippen LogP contribution in [-0.2, 0) is 11.3 Å². The Balaban J connectivity index is 1.95. The van der Waals surface area contributed by atoms with Gasteiger partial charge in [-0.25, -0.2) is 0 Å². The number of hydrogen-bond donors (Lipinski definition) is 2. The lowest BCUT2D eigenvalue weighted by Crippen LogP contribution is -2.28. The second-order valence-electron chi connectivity index (χ2n) is 4.75. The van der Waals surface area contributed by atoms with Gasteiger partial charge in [-0.05, 0) is 24.3 Å². The smallest absolute Gasteiger partial charge is 0.292 e. The van der Waals surface area contributed by atoms with Gasteiger partial charge in [0.1, 0.15) is 12.4 Å². The van der Waals surface area contributed by atoms with Gasteiger partial charge in [-0.2, -0.15) is 0 Å².